The molecule has 2 heterocycles. The van der Waals surface area contributed by atoms with E-state index in [1.54, 1.807) is 6.20 Å². The smallest absolute Gasteiger partial charge is 0.290 e. The molecule has 1 aliphatic heterocycles. The summed E-state index contributed by atoms with van der Waals surface area (Å²) in [7, 11) is 0. The van der Waals surface area contributed by atoms with Gasteiger partial charge in [-0.3, -0.25) is 9.59 Å². The third-order valence-corrected chi connectivity index (χ3v) is 4.26. The average Bonchev–Trinajstić information content (AvgIpc) is 2.92. The lowest BCUT2D eigenvalue weighted by molar-refractivity contribution is -0.123. The summed E-state index contributed by atoms with van der Waals surface area (Å²) in [5.74, 6) is 0.0441. The Balaban J connectivity index is 0.000000446. The highest BCUT2D eigenvalue weighted by molar-refractivity contribution is 5.96. The number of carboxylic acid groups (broad SMARTS) is 1. The molecule has 22 heavy (non-hydrogen) atoms. The second kappa shape index (κ2) is 5.76. The predicted molar refractivity (Wildman–Crippen MR) is 79.4 cm³/mol. The number of carbonyl (C=O) groups is 2. The molecule has 1 aromatic heterocycles. The summed E-state index contributed by atoms with van der Waals surface area (Å²) in [5, 5.41) is 17.8. The van der Waals surface area contributed by atoms with Crippen LogP contribution in [0.1, 0.15) is 19.3 Å². The summed E-state index contributed by atoms with van der Waals surface area (Å²) in [4.78, 5) is 20.5. The van der Waals surface area contributed by atoms with Gasteiger partial charge in [-0.05, 0) is 36.8 Å². The van der Waals surface area contributed by atoms with Gasteiger partial charge in [-0.25, -0.2) is 0 Å². The van der Waals surface area contributed by atoms with Crippen LogP contribution in [0.5, 0.6) is 0 Å². The first kappa shape index (κ1) is 14.5. The van der Waals surface area contributed by atoms with Gasteiger partial charge in [0.05, 0.1) is 12.2 Å². The van der Waals surface area contributed by atoms with Gasteiger partial charge in [-0.2, -0.15) is 0 Å². The van der Waals surface area contributed by atoms with Crippen LogP contribution in [0.15, 0.2) is 28.9 Å². The SMILES string of the molecule is O=C(Nc1ccc2cnoc2c1)[C@@H]1CC2(CC2)CN1.O=CO. The molecule has 116 valence electrons. The maximum atomic E-state index is 12.2. The molecule has 1 aromatic carbocycles. The molecule has 1 saturated carbocycles. The van der Waals surface area contributed by atoms with Crippen molar-refractivity contribution in [3.05, 3.63) is 24.4 Å². The Bertz CT molecular complexity index is 693. The van der Waals surface area contributed by atoms with Gasteiger partial charge in [-0.1, -0.05) is 5.16 Å². The molecule has 0 radical (unpaired) electrons. The molecule has 7 heteroatoms. The molecule has 2 aliphatic rings. The molecule has 1 aliphatic carbocycles. The van der Waals surface area contributed by atoms with E-state index >= 15 is 0 Å². The van der Waals surface area contributed by atoms with Crippen molar-refractivity contribution in [2.75, 3.05) is 11.9 Å². The molecule has 0 bridgehead atoms. The number of carbonyl (C=O) groups excluding carboxylic acids is 1. The van der Waals surface area contributed by atoms with Crippen LogP contribution >= 0.6 is 0 Å². The molecule has 1 spiro atoms. The molecular weight excluding hydrogens is 286 g/mol. The quantitative estimate of drug-likeness (QED) is 0.728. The van der Waals surface area contributed by atoms with Gasteiger partial charge in [0.2, 0.25) is 5.91 Å². The van der Waals surface area contributed by atoms with Crippen LogP contribution in [0.3, 0.4) is 0 Å². The van der Waals surface area contributed by atoms with Crippen LogP contribution in [-0.2, 0) is 9.59 Å². The third-order valence-electron chi connectivity index (χ3n) is 4.26. The van der Waals surface area contributed by atoms with Crippen LogP contribution in [0, 0.1) is 5.41 Å². The van der Waals surface area contributed by atoms with E-state index in [2.05, 4.69) is 15.8 Å². The first-order valence-corrected chi connectivity index (χ1v) is 7.12. The number of anilines is 1. The summed E-state index contributed by atoms with van der Waals surface area (Å²) in [6.07, 6.45) is 5.14. The normalized spacial score (nSPS) is 21.2. The molecule has 2 fully saturated rings. The summed E-state index contributed by atoms with van der Waals surface area (Å²) in [6, 6.07) is 5.51. The van der Waals surface area contributed by atoms with E-state index in [-0.39, 0.29) is 18.4 Å². The van der Waals surface area contributed by atoms with Gasteiger partial charge in [0.1, 0.15) is 0 Å². The fourth-order valence-corrected chi connectivity index (χ4v) is 2.83. The number of hydrogen-bond acceptors (Lipinski definition) is 5. The van der Waals surface area contributed by atoms with Gasteiger partial charge in [-0.15, -0.1) is 0 Å². The average molecular weight is 303 g/mol. The fraction of sp³-hybridized carbons (Fsp3) is 0.400. The van der Waals surface area contributed by atoms with E-state index in [4.69, 9.17) is 14.4 Å². The van der Waals surface area contributed by atoms with Crippen molar-refractivity contribution in [1.29, 1.82) is 0 Å². The number of aromatic nitrogens is 1. The van der Waals surface area contributed by atoms with Crippen LogP contribution < -0.4 is 10.6 Å². The zero-order valence-corrected chi connectivity index (χ0v) is 11.9. The van der Waals surface area contributed by atoms with Crippen molar-refractivity contribution >= 4 is 29.0 Å². The highest BCUT2D eigenvalue weighted by Crippen LogP contribution is 2.51. The van der Waals surface area contributed by atoms with E-state index in [0.29, 0.717) is 11.0 Å². The Labute approximate surface area is 126 Å². The monoisotopic (exact) mass is 303 g/mol. The Kier molecular flexibility index (Phi) is 3.81. The van der Waals surface area contributed by atoms with Gasteiger partial charge in [0.15, 0.2) is 5.58 Å². The molecule has 1 atom stereocenters. The number of amides is 1. The lowest BCUT2D eigenvalue weighted by atomic mass is 10.0. The third kappa shape index (κ3) is 2.94. The highest BCUT2D eigenvalue weighted by Gasteiger charge is 2.49. The van der Waals surface area contributed by atoms with E-state index < -0.39 is 0 Å². The van der Waals surface area contributed by atoms with Crippen molar-refractivity contribution < 1.29 is 19.2 Å². The standard InChI is InChI=1S/C14H15N3O2.CH2O2/c18-13(11-6-14(3-4-14)8-15-11)17-10-2-1-9-7-16-19-12(9)5-10;2-1-3/h1-2,5,7,11,15H,3-4,6,8H2,(H,17,18);1H,(H,2,3)/t11-;/m0./s1. The Morgan fingerprint density at radius 1 is 1.50 bits per heavy atom. The lowest BCUT2D eigenvalue weighted by Crippen LogP contribution is -2.35. The number of nitrogens with zero attached hydrogens (tertiary/aromatic N) is 1. The minimum absolute atomic E-state index is 0.0441. The number of benzene rings is 1. The van der Waals surface area contributed by atoms with Gasteiger partial charge >= 0.3 is 0 Å². The van der Waals surface area contributed by atoms with Gasteiger partial charge < -0.3 is 20.3 Å². The molecular formula is C15H17N3O4. The Hall–Kier alpha value is -2.41. The second-order valence-corrected chi connectivity index (χ2v) is 5.81. The van der Waals surface area contributed by atoms with Crippen molar-refractivity contribution in [3.63, 3.8) is 0 Å². The predicted octanol–water partition coefficient (Wildman–Crippen LogP) is 1.61. The minimum atomic E-state index is -0.250. The van der Waals surface area contributed by atoms with Crippen molar-refractivity contribution in [2.45, 2.75) is 25.3 Å². The van der Waals surface area contributed by atoms with Gasteiger partial charge in [0.25, 0.3) is 6.47 Å². The summed E-state index contributed by atoms with van der Waals surface area (Å²) >= 11 is 0. The minimum Gasteiger partial charge on any atom is -0.483 e. The van der Waals surface area contributed by atoms with E-state index in [0.717, 1.165) is 24.0 Å². The van der Waals surface area contributed by atoms with E-state index in [1.165, 1.54) is 12.8 Å². The molecule has 2 aromatic rings. The molecule has 0 unspecified atom stereocenters. The highest BCUT2D eigenvalue weighted by atomic mass is 16.5. The van der Waals surface area contributed by atoms with Crippen LogP contribution in [0.4, 0.5) is 5.69 Å². The van der Waals surface area contributed by atoms with Crippen LogP contribution in [-0.4, -0.2) is 35.2 Å². The van der Waals surface area contributed by atoms with Crippen molar-refractivity contribution in [3.8, 4) is 0 Å². The summed E-state index contributed by atoms with van der Waals surface area (Å²) in [5.41, 5.74) is 1.88. The number of hydrogen-bond donors (Lipinski definition) is 3. The summed E-state index contributed by atoms with van der Waals surface area (Å²) in [6.45, 7) is 0.728. The number of nitrogens with one attached hydrogen (secondary N) is 2. The summed E-state index contributed by atoms with van der Waals surface area (Å²) < 4.78 is 5.09. The first-order valence-electron chi connectivity index (χ1n) is 7.12. The molecule has 1 amide bonds. The van der Waals surface area contributed by atoms with Crippen molar-refractivity contribution in [1.82, 2.24) is 10.5 Å². The van der Waals surface area contributed by atoms with Gasteiger partial charge in [0, 0.05) is 23.7 Å². The molecule has 3 N–H and O–H groups in total. The largest absolute Gasteiger partial charge is 0.483 e. The van der Waals surface area contributed by atoms with E-state index in [9.17, 15) is 4.79 Å². The number of fused-ring (bicyclic) bond motifs is 1. The first-order chi connectivity index (χ1) is 10.7. The van der Waals surface area contributed by atoms with Crippen LogP contribution in [0.2, 0.25) is 0 Å². The topological polar surface area (TPSA) is 104 Å². The number of rotatable bonds is 2. The maximum Gasteiger partial charge on any atom is 0.290 e. The Morgan fingerprint density at radius 3 is 2.95 bits per heavy atom. The Morgan fingerprint density at radius 2 is 2.27 bits per heavy atom. The lowest BCUT2D eigenvalue weighted by Gasteiger charge is -2.11. The maximum absolute atomic E-state index is 12.2. The van der Waals surface area contributed by atoms with Crippen molar-refractivity contribution in [2.24, 2.45) is 5.41 Å². The molecule has 4 rings (SSSR count). The molecule has 1 saturated heterocycles. The van der Waals surface area contributed by atoms with Crippen LogP contribution in [0.25, 0.3) is 11.0 Å². The zero-order valence-electron chi connectivity index (χ0n) is 11.9. The zero-order chi connectivity index (χ0) is 15.6. The second-order valence-electron chi connectivity index (χ2n) is 5.81. The fourth-order valence-electron chi connectivity index (χ4n) is 2.83. The molecule has 7 nitrogen and oxygen atoms in total. The van der Waals surface area contributed by atoms with E-state index in [1.807, 2.05) is 18.2 Å².